The number of amides is 1. The third kappa shape index (κ3) is 4.88. The lowest BCUT2D eigenvalue weighted by atomic mass is 9.95. The fourth-order valence-corrected chi connectivity index (χ4v) is 3.39. The fourth-order valence-electron chi connectivity index (χ4n) is 3.39. The van der Waals surface area contributed by atoms with E-state index in [1.54, 1.807) is 30.3 Å². The number of hydrogen-bond acceptors (Lipinski definition) is 2. The van der Waals surface area contributed by atoms with Gasteiger partial charge >= 0.3 is 0 Å². The van der Waals surface area contributed by atoms with Crippen molar-refractivity contribution in [1.29, 1.82) is 0 Å². The second-order valence-corrected chi connectivity index (χ2v) is 6.77. The van der Waals surface area contributed by atoms with Crippen molar-refractivity contribution in [2.24, 2.45) is 5.92 Å². The van der Waals surface area contributed by atoms with Crippen LogP contribution in [0.25, 0.3) is 0 Å². The molecule has 3 rings (SSSR count). The molecule has 1 amide bonds. The molecule has 1 fully saturated rings. The first-order valence-electron chi connectivity index (χ1n) is 9.10. The summed E-state index contributed by atoms with van der Waals surface area (Å²) in [6.45, 7) is 2.57. The molecule has 0 bridgehead atoms. The number of rotatable bonds is 6. The SMILES string of the molecule is O=C(NCCc1ccccc1F)C1CCN(Cc2ccccc2F)CC1. The third-order valence-corrected chi connectivity index (χ3v) is 4.96. The summed E-state index contributed by atoms with van der Waals surface area (Å²) < 4.78 is 27.3. The Morgan fingerprint density at radius 2 is 1.54 bits per heavy atom. The van der Waals surface area contributed by atoms with Crippen LogP contribution < -0.4 is 5.32 Å². The van der Waals surface area contributed by atoms with Crippen LogP contribution in [0.3, 0.4) is 0 Å². The maximum atomic E-state index is 13.7. The minimum absolute atomic E-state index is 0.0208. The molecule has 138 valence electrons. The van der Waals surface area contributed by atoms with Gasteiger partial charge < -0.3 is 5.32 Å². The van der Waals surface area contributed by atoms with E-state index in [4.69, 9.17) is 0 Å². The predicted molar refractivity (Wildman–Crippen MR) is 97.5 cm³/mol. The molecule has 1 aliphatic rings. The summed E-state index contributed by atoms with van der Waals surface area (Å²) in [6.07, 6.45) is 2.02. The van der Waals surface area contributed by atoms with E-state index in [0.29, 0.717) is 30.6 Å². The quantitative estimate of drug-likeness (QED) is 0.857. The maximum absolute atomic E-state index is 13.7. The van der Waals surface area contributed by atoms with Gasteiger partial charge in [-0.25, -0.2) is 8.78 Å². The normalized spacial score (nSPS) is 15.8. The Labute approximate surface area is 153 Å². The van der Waals surface area contributed by atoms with Crippen LogP contribution in [-0.2, 0) is 17.8 Å². The average molecular weight is 358 g/mol. The van der Waals surface area contributed by atoms with Gasteiger partial charge in [-0.3, -0.25) is 9.69 Å². The first kappa shape index (κ1) is 18.5. The Morgan fingerprint density at radius 1 is 0.962 bits per heavy atom. The van der Waals surface area contributed by atoms with Gasteiger partial charge in [-0.15, -0.1) is 0 Å². The lowest BCUT2D eigenvalue weighted by Crippen LogP contribution is -2.40. The molecule has 26 heavy (non-hydrogen) atoms. The van der Waals surface area contributed by atoms with Gasteiger partial charge in [0.1, 0.15) is 11.6 Å². The van der Waals surface area contributed by atoms with Crippen LogP contribution in [0.5, 0.6) is 0 Å². The molecular weight excluding hydrogens is 334 g/mol. The van der Waals surface area contributed by atoms with Crippen molar-refractivity contribution >= 4 is 5.91 Å². The van der Waals surface area contributed by atoms with Crippen LogP contribution in [0.2, 0.25) is 0 Å². The Morgan fingerprint density at radius 3 is 2.15 bits per heavy atom. The van der Waals surface area contributed by atoms with E-state index in [-0.39, 0.29) is 23.5 Å². The van der Waals surface area contributed by atoms with Crippen molar-refractivity contribution in [2.45, 2.75) is 25.8 Å². The van der Waals surface area contributed by atoms with Crippen molar-refractivity contribution < 1.29 is 13.6 Å². The molecule has 1 N–H and O–H groups in total. The second kappa shape index (κ2) is 8.90. The number of piperidine rings is 1. The number of carbonyl (C=O) groups excluding carboxylic acids is 1. The van der Waals surface area contributed by atoms with Gasteiger partial charge in [0, 0.05) is 24.6 Å². The fraction of sp³-hybridized carbons (Fsp3) is 0.381. The van der Waals surface area contributed by atoms with Crippen LogP contribution in [0.4, 0.5) is 8.78 Å². The summed E-state index contributed by atoms with van der Waals surface area (Å²) in [6, 6.07) is 13.4. The first-order chi connectivity index (χ1) is 12.6. The van der Waals surface area contributed by atoms with Crippen molar-refractivity contribution in [3.63, 3.8) is 0 Å². The minimum atomic E-state index is -0.233. The molecule has 2 aromatic rings. The Kier molecular flexibility index (Phi) is 6.34. The molecule has 0 aromatic heterocycles. The Bertz CT molecular complexity index is 742. The highest BCUT2D eigenvalue weighted by Gasteiger charge is 2.25. The zero-order valence-electron chi connectivity index (χ0n) is 14.8. The Hall–Kier alpha value is -2.27. The molecule has 2 aromatic carbocycles. The van der Waals surface area contributed by atoms with Gasteiger partial charge in [0.05, 0.1) is 0 Å². The van der Waals surface area contributed by atoms with Crippen LogP contribution in [0.1, 0.15) is 24.0 Å². The van der Waals surface area contributed by atoms with E-state index in [2.05, 4.69) is 10.2 Å². The highest BCUT2D eigenvalue weighted by Crippen LogP contribution is 2.20. The van der Waals surface area contributed by atoms with Gasteiger partial charge in [0.15, 0.2) is 0 Å². The monoisotopic (exact) mass is 358 g/mol. The molecule has 1 heterocycles. The predicted octanol–water partition coefficient (Wildman–Crippen LogP) is 3.54. The van der Waals surface area contributed by atoms with Crippen molar-refractivity contribution in [3.8, 4) is 0 Å². The van der Waals surface area contributed by atoms with Gasteiger partial charge in [-0.1, -0.05) is 36.4 Å². The first-order valence-corrected chi connectivity index (χ1v) is 9.10. The molecular formula is C21H24F2N2O. The number of carbonyl (C=O) groups is 1. The van der Waals surface area contributed by atoms with Gasteiger partial charge in [-0.05, 0) is 50.0 Å². The molecule has 0 atom stereocenters. The second-order valence-electron chi connectivity index (χ2n) is 6.77. The number of nitrogens with zero attached hydrogens (tertiary/aromatic N) is 1. The molecule has 0 unspecified atom stereocenters. The summed E-state index contributed by atoms with van der Waals surface area (Å²) >= 11 is 0. The number of hydrogen-bond donors (Lipinski definition) is 1. The smallest absolute Gasteiger partial charge is 0.223 e. The maximum Gasteiger partial charge on any atom is 0.223 e. The van der Waals surface area contributed by atoms with Crippen LogP contribution in [-0.4, -0.2) is 30.4 Å². The standard InChI is InChI=1S/C21H24F2N2O/c22-19-7-3-1-5-16(19)9-12-24-21(26)17-10-13-25(14-11-17)15-18-6-2-4-8-20(18)23/h1-8,17H,9-15H2,(H,24,26). The van der Waals surface area contributed by atoms with Crippen molar-refractivity contribution in [3.05, 3.63) is 71.3 Å². The van der Waals surface area contributed by atoms with E-state index < -0.39 is 0 Å². The summed E-state index contributed by atoms with van der Waals surface area (Å²) in [5, 5.41) is 2.92. The largest absolute Gasteiger partial charge is 0.356 e. The zero-order chi connectivity index (χ0) is 18.4. The van der Waals surface area contributed by atoms with Crippen molar-refractivity contribution in [1.82, 2.24) is 10.2 Å². The van der Waals surface area contributed by atoms with E-state index in [1.165, 1.54) is 12.1 Å². The number of benzene rings is 2. The highest BCUT2D eigenvalue weighted by atomic mass is 19.1. The topological polar surface area (TPSA) is 32.3 Å². The van der Waals surface area contributed by atoms with Crippen LogP contribution in [0.15, 0.2) is 48.5 Å². The number of halogens is 2. The van der Waals surface area contributed by atoms with E-state index >= 15 is 0 Å². The molecule has 0 saturated carbocycles. The van der Waals surface area contributed by atoms with E-state index in [0.717, 1.165) is 25.9 Å². The lowest BCUT2D eigenvalue weighted by Gasteiger charge is -2.31. The molecule has 0 spiro atoms. The van der Waals surface area contributed by atoms with Crippen molar-refractivity contribution in [2.75, 3.05) is 19.6 Å². The van der Waals surface area contributed by atoms with Gasteiger partial charge in [0.2, 0.25) is 5.91 Å². The highest BCUT2D eigenvalue weighted by molar-refractivity contribution is 5.78. The van der Waals surface area contributed by atoms with Gasteiger partial charge in [-0.2, -0.15) is 0 Å². The summed E-state index contributed by atoms with van der Waals surface area (Å²) in [4.78, 5) is 14.5. The van der Waals surface area contributed by atoms with E-state index in [9.17, 15) is 13.6 Å². The average Bonchev–Trinajstić information content (AvgIpc) is 2.66. The number of likely N-dealkylation sites (tertiary alicyclic amines) is 1. The molecule has 1 saturated heterocycles. The molecule has 3 nitrogen and oxygen atoms in total. The van der Waals surface area contributed by atoms with Crippen LogP contribution in [0, 0.1) is 17.6 Å². The minimum Gasteiger partial charge on any atom is -0.356 e. The Balaban J connectivity index is 1.41. The van der Waals surface area contributed by atoms with E-state index in [1.807, 2.05) is 6.07 Å². The lowest BCUT2D eigenvalue weighted by molar-refractivity contribution is -0.126. The molecule has 5 heteroatoms. The third-order valence-electron chi connectivity index (χ3n) is 4.96. The zero-order valence-corrected chi connectivity index (χ0v) is 14.8. The molecule has 0 radical (unpaired) electrons. The number of nitrogens with one attached hydrogen (secondary N) is 1. The molecule has 0 aliphatic carbocycles. The van der Waals surface area contributed by atoms with Crippen LogP contribution >= 0.6 is 0 Å². The summed E-state index contributed by atoms with van der Waals surface area (Å²) in [5.74, 6) is -0.400. The molecule has 1 aliphatic heterocycles. The summed E-state index contributed by atoms with van der Waals surface area (Å²) in [7, 11) is 0. The van der Waals surface area contributed by atoms with Gasteiger partial charge in [0.25, 0.3) is 0 Å². The summed E-state index contributed by atoms with van der Waals surface area (Å²) in [5.41, 5.74) is 1.31.